The first-order chi connectivity index (χ1) is 8.89. The number of aromatic carboxylic acids is 1. The van der Waals surface area contributed by atoms with E-state index in [9.17, 15) is 13.2 Å². The Morgan fingerprint density at radius 2 is 2.21 bits per heavy atom. The third-order valence-electron chi connectivity index (χ3n) is 3.22. The standard InChI is InChI=1S/C12H16N2O4S/c13-10-3-1-2-9(12(15)16)11(10)14-6-8-4-5-19(17,18)7-8/h1-3,8,14H,4-7,13H2,(H,15,16). The second kappa shape index (κ2) is 5.08. The molecule has 0 aliphatic carbocycles. The number of carbonyl (C=O) groups is 1. The first kappa shape index (κ1) is 13.7. The molecule has 4 N–H and O–H groups in total. The molecule has 0 spiro atoms. The van der Waals surface area contributed by atoms with E-state index in [2.05, 4.69) is 5.32 Å². The number of carboxylic acids is 1. The third-order valence-corrected chi connectivity index (χ3v) is 5.06. The number of anilines is 2. The fourth-order valence-corrected chi connectivity index (χ4v) is 4.09. The molecular formula is C12H16N2O4S. The van der Waals surface area contributed by atoms with Gasteiger partial charge in [-0.2, -0.15) is 0 Å². The molecule has 1 unspecified atom stereocenters. The van der Waals surface area contributed by atoms with E-state index < -0.39 is 15.8 Å². The molecule has 1 aromatic carbocycles. The van der Waals surface area contributed by atoms with E-state index in [1.165, 1.54) is 6.07 Å². The van der Waals surface area contributed by atoms with Crippen LogP contribution in [0.15, 0.2) is 18.2 Å². The Morgan fingerprint density at radius 3 is 2.79 bits per heavy atom. The van der Waals surface area contributed by atoms with Crippen LogP contribution in [0, 0.1) is 5.92 Å². The van der Waals surface area contributed by atoms with Gasteiger partial charge in [-0.1, -0.05) is 6.07 Å². The molecule has 1 saturated heterocycles. The van der Waals surface area contributed by atoms with E-state index >= 15 is 0 Å². The summed E-state index contributed by atoms with van der Waals surface area (Å²) >= 11 is 0. The summed E-state index contributed by atoms with van der Waals surface area (Å²) in [4.78, 5) is 11.1. The zero-order valence-corrected chi connectivity index (χ0v) is 11.1. The molecule has 1 fully saturated rings. The fraction of sp³-hybridized carbons (Fsp3) is 0.417. The van der Waals surface area contributed by atoms with Crippen LogP contribution in [-0.4, -0.2) is 37.5 Å². The Hall–Kier alpha value is -1.76. The molecule has 1 heterocycles. The lowest BCUT2D eigenvalue weighted by atomic mass is 10.1. The SMILES string of the molecule is Nc1cccc(C(=O)O)c1NCC1CCS(=O)(=O)C1. The lowest BCUT2D eigenvalue weighted by molar-refractivity contribution is 0.0698. The summed E-state index contributed by atoms with van der Waals surface area (Å²) in [5.74, 6) is -0.704. The molecule has 0 radical (unpaired) electrons. The maximum atomic E-state index is 11.3. The molecule has 0 amide bonds. The van der Waals surface area contributed by atoms with Gasteiger partial charge in [-0.3, -0.25) is 0 Å². The fourth-order valence-electron chi connectivity index (χ4n) is 2.23. The van der Waals surface area contributed by atoms with Gasteiger partial charge in [0.05, 0.1) is 28.4 Å². The van der Waals surface area contributed by atoms with Gasteiger partial charge in [-0.05, 0) is 24.5 Å². The van der Waals surface area contributed by atoms with Gasteiger partial charge in [-0.25, -0.2) is 13.2 Å². The smallest absolute Gasteiger partial charge is 0.337 e. The van der Waals surface area contributed by atoms with Gasteiger partial charge in [0, 0.05) is 6.54 Å². The van der Waals surface area contributed by atoms with Crippen molar-refractivity contribution in [1.82, 2.24) is 0 Å². The number of sulfone groups is 1. The summed E-state index contributed by atoms with van der Waals surface area (Å²) in [7, 11) is -2.92. The molecule has 0 bridgehead atoms. The van der Waals surface area contributed by atoms with Crippen LogP contribution in [0.1, 0.15) is 16.8 Å². The Morgan fingerprint density at radius 1 is 1.47 bits per heavy atom. The van der Waals surface area contributed by atoms with E-state index in [1.807, 2.05) is 0 Å². The lowest BCUT2D eigenvalue weighted by Crippen LogP contribution is -2.18. The van der Waals surface area contributed by atoms with Gasteiger partial charge >= 0.3 is 5.97 Å². The molecule has 2 rings (SSSR count). The highest BCUT2D eigenvalue weighted by Gasteiger charge is 2.28. The molecule has 1 aromatic rings. The highest BCUT2D eigenvalue weighted by Crippen LogP contribution is 2.25. The molecule has 1 aliphatic rings. The summed E-state index contributed by atoms with van der Waals surface area (Å²) in [6.07, 6.45) is 0.602. The quantitative estimate of drug-likeness (QED) is 0.706. The van der Waals surface area contributed by atoms with Crippen LogP contribution < -0.4 is 11.1 Å². The number of para-hydroxylation sites is 1. The molecule has 0 saturated carbocycles. The zero-order chi connectivity index (χ0) is 14.0. The summed E-state index contributed by atoms with van der Waals surface area (Å²) in [6, 6.07) is 4.65. The van der Waals surface area contributed by atoms with Crippen LogP contribution in [0.4, 0.5) is 11.4 Å². The van der Waals surface area contributed by atoms with Crippen LogP contribution in [-0.2, 0) is 9.84 Å². The highest BCUT2D eigenvalue weighted by atomic mass is 32.2. The van der Waals surface area contributed by atoms with Crippen molar-refractivity contribution >= 4 is 27.2 Å². The predicted molar refractivity (Wildman–Crippen MR) is 73.1 cm³/mol. The Balaban J connectivity index is 2.10. The van der Waals surface area contributed by atoms with E-state index in [1.54, 1.807) is 12.1 Å². The van der Waals surface area contributed by atoms with Crippen molar-refractivity contribution in [2.24, 2.45) is 5.92 Å². The number of benzene rings is 1. The summed E-state index contributed by atoms with van der Waals surface area (Å²) in [5, 5.41) is 12.0. The molecule has 7 heteroatoms. The number of hydrogen-bond acceptors (Lipinski definition) is 5. The molecule has 1 aliphatic heterocycles. The maximum absolute atomic E-state index is 11.3. The minimum atomic E-state index is -2.92. The molecule has 1 atom stereocenters. The minimum absolute atomic E-state index is 0.00579. The van der Waals surface area contributed by atoms with Gasteiger partial charge in [0.2, 0.25) is 0 Å². The van der Waals surface area contributed by atoms with E-state index in [0.29, 0.717) is 24.3 Å². The number of nitrogens with one attached hydrogen (secondary N) is 1. The van der Waals surface area contributed by atoms with Crippen molar-refractivity contribution in [1.29, 1.82) is 0 Å². The monoisotopic (exact) mass is 284 g/mol. The third kappa shape index (κ3) is 3.17. The number of rotatable bonds is 4. The molecule has 19 heavy (non-hydrogen) atoms. The number of nitrogen functional groups attached to an aromatic ring is 1. The van der Waals surface area contributed by atoms with Crippen molar-refractivity contribution in [2.45, 2.75) is 6.42 Å². The molecule has 6 nitrogen and oxygen atoms in total. The number of carboxylic acid groups (broad SMARTS) is 1. The second-order valence-corrected chi connectivity index (χ2v) is 6.95. The Kier molecular flexibility index (Phi) is 3.66. The van der Waals surface area contributed by atoms with Crippen molar-refractivity contribution in [3.8, 4) is 0 Å². The topological polar surface area (TPSA) is 109 Å². The van der Waals surface area contributed by atoms with Crippen molar-refractivity contribution in [3.05, 3.63) is 23.8 Å². The van der Waals surface area contributed by atoms with Crippen LogP contribution in [0.25, 0.3) is 0 Å². The maximum Gasteiger partial charge on any atom is 0.337 e. The minimum Gasteiger partial charge on any atom is -0.478 e. The second-order valence-electron chi connectivity index (χ2n) is 4.72. The molecule has 104 valence electrons. The first-order valence-electron chi connectivity index (χ1n) is 5.95. The zero-order valence-electron chi connectivity index (χ0n) is 10.3. The van der Waals surface area contributed by atoms with Crippen LogP contribution in [0.5, 0.6) is 0 Å². The summed E-state index contributed by atoms with van der Waals surface area (Å²) < 4.78 is 22.7. The lowest BCUT2D eigenvalue weighted by Gasteiger charge is -2.14. The number of nitrogens with two attached hydrogens (primary N) is 1. The summed E-state index contributed by atoms with van der Waals surface area (Å²) in [6.45, 7) is 0.410. The Bertz CT molecular complexity index is 598. The van der Waals surface area contributed by atoms with Gasteiger partial charge < -0.3 is 16.2 Å². The highest BCUT2D eigenvalue weighted by molar-refractivity contribution is 7.91. The Labute approximate surface area is 111 Å². The summed E-state index contributed by atoms with van der Waals surface area (Å²) in [5.41, 5.74) is 6.56. The van der Waals surface area contributed by atoms with Crippen LogP contribution in [0.3, 0.4) is 0 Å². The van der Waals surface area contributed by atoms with E-state index in [-0.39, 0.29) is 23.0 Å². The predicted octanol–water partition coefficient (Wildman–Crippen LogP) is 0.814. The van der Waals surface area contributed by atoms with Crippen molar-refractivity contribution in [3.63, 3.8) is 0 Å². The first-order valence-corrected chi connectivity index (χ1v) is 7.77. The molecular weight excluding hydrogens is 268 g/mol. The molecule has 0 aromatic heterocycles. The largest absolute Gasteiger partial charge is 0.478 e. The van der Waals surface area contributed by atoms with E-state index in [4.69, 9.17) is 10.8 Å². The van der Waals surface area contributed by atoms with Crippen LogP contribution in [0.2, 0.25) is 0 Å². The van der Waals surface area contributed by atoms with Crippen LogP contribution >= 0.6 is 0 Å². The van der Waals surface area contributed by atoms with Crippen molar-refractivity contribution < 1.29 is 18.3 Å². The van der Waals surface area contributed by atoms with E-state index in [0.717, 1.165) is 0 Å². The normalized spacial score (nSPS) is 21.2. The van der Waals surface area contributed by atoms with Gasteiger partial charge in [0.25, 0.3) is 0 Å². The average Bonchev–Trinajstić information content (AvgIpc) is 2.67. The van der Waals surface area contributed by atoms with Gasteiger partial charge in [-0.15, -0.1) is 0 Å². The number of hydrogen-bond donors (Lipinski definition) is 3. The van der Waals surface area contributed by atoms with Gasteiger partial charge in [0.15, 0.2) is 9.84 Å². The van der Waals surface area contributed by atoms with Crippen molar-refractivity contribution in [2.75, 3.05) is 29.1 Å². The van der Waals surface area contributed by atoms with Gasteiger partial charge in [0.1, 0.15) is 0 Å². The average molecular weight is 284 g/mol.